The molecule has 2 aromatic carbocycles. The van der Waals surface area contributed by atoms with Crippen molar-refractivity contribution in [1.82, 2.24) is 9.97 Å². The van der Waals surface area contributed by atoms with Crippen molar-refractivity contribution < 1.29 is 23.1 Å². The van der Waals surface area contributed by atoms with Crippen LogP contribution in [0.2, 0.25) is 5.02 Å². The van der Waals surface area contributed by atoms with Crippen molar-refractivity contribution in [2.75, 3.05) is 5.32 Å². The molecule has 9 heteroatoms. The monoisotopic (exact) mass is 381 g/mol. The first-order valence-corrected chi connectivity index (χ1v) is 7.72. The van der Waals surface area contributed by atoms with Crippen molar-refractivity contribution in [3.05, 3.63) is 64.3 Å². The van der Waals surface area contributed by atoms with Crippen LogP contribution in [0, 0.1) is 0 Å². The Hall–Kier alpha value is -2.87. The highest BCUT2D eigenvalue weighted by atomic mass is 35.5. The number of aromatic nitrogens is 2. The summed E-state index contributed by atoms with van der Waals surface area (Å²) >= 11 is 5.89. The molecule has 0 saturated carbocycles. The number of hydrogen-bond donors (Lipinski definition) is 2. The fourth-order valence-corrected chi connectivity index (χ4v) is 2.55. The zero-order valence-corrected chi connectivity index (χ0v) is 13.8. The lowest BCUT2D eigenvalue weighted by atomic mass is 10.2. The van der Waals surface area contributed by atoms with Crippen molar-refractivity contribution in [2.24, 2.45) is 0 Å². The van der Waals surface area contributed by atoms with Gasteiger partial charge in [0, 0.05) is 11.6 Å². The average molecular weight is 382 g/mol. The van der Waals surface area contributed by atoms with Crippen LogP contribution in [-0.4, -0.2) is 21.0 Å². The molecule has 5 nitrogen and oxygen atoms in total. The van der Waals surface area contributed by atoms with Gasteiger partial charge in [-0.3, -0.25) is 0 Å². The van der Waals surface area contributed by atoms with E-state index in [9.17, 15) is 23.1 Å². The summed E-state index contributed by atoms with van der Waals surface area (Å²) < 4.78 is 38.6. The molecular formula is C17H11ClF3N3O2. The van der Waals surface area contributed by atoms with Gasteiger partial charge < -0.3 is 10.4 Å². The van der Waals surface area contributed by atoms with Gasteiger partial charge in [0.25, 0.3) is 0 Å². The predicted molar refractivity (Wildman–Crippen MR) is 90.3 cm³/mol. The van der Waals surface area contributed by atoms with Gasteiger partial charge in [-0.25, -0.2) is 14.8 Å². The number of anilines is 1. The van der Waals surface area contributed by atoms with E-state index in [0.717, 1.165) is 23.8 Å². The predicted octanol–water partition coefficient (Wildman–Crippen LogP) is 4.61. The van der Waals surface area contributed by atoms with Crippen LogP contribution in [0.4, 0.5) is 19.0 Å². The molecule has 0 bridgehead atoms. The molecule has 0 unspecified atom stereocenters. The van der Waals surface area contributed by atoms with Crippen LogP contribution in [0.5, 0.6) is 0 Å². The van der Waals surface area contributed by atoms with Crippen LogP contribution in [-0.2, 0) is 12.7 Å². The Bertz CT molecular complexity index is 993. The normalized spacial score (nSPS) is 11.5. The molecular weight excluding hydrogens is 371 g/mol. The van der Waals surface area contributed by atoms with Gasteiger partial charge in [-0.15, -0.1) is 0 Å². The second kappa shape index (κ2) is 6.80. The van der Waals surface area contributed by atoms with Gasteiger partial charge in [-0.2, -0.15) is 13.2 Å². The number of nitrogens with zero attached hydrogens (tertiary/aromatic N) is 2. The summed E-state index contributed by atoms with van der Waals surface area (Å²) in [6, 6.07) is 9.60. The van der Waals surface area contributed by atoms with E-state index in [1.165, 1.54) is 0 Å². The molecule has 0 spiro atoms. The number of carboxylic acids is 1. The third-order valence-electron chi connectivity index (χ3n) is 3.54. The second-order valence-corrected chi connectivity index (χ2v) is 5.85. The second-order valence-electron chi connectivity index (χ2n) is 5.41. The number of hydrogen-bond acceptors (Lipinski definition) is 4. The summed E-state index contributed by atoms with van der Waals surface area (Å²) in [7, 11) is 0. The number of halogens is 4. The van der Waals surface area contributed by atoms with E-state index in [0.29, 0.717) is 5.02 Å². The first kappa shape index (κ1) is 17.9. The lowest BCUT2D eigenvalue weighted by Crippen LogP contribution is -2.12. The molecule has 0 atom stereocenters. The molecule has 134 valence electrons. The van der Waals surface area contributed by atoms with E-state index < -0.39 is 17.7 Å². The molecule has 1 aromatic heterocycles. The van der Waals surface area contributed by atoms with E-state index in [1.807, 2.05) is 0 Å². The van der Waals surface area contributed by atoms with Gasteiger partial charge in [0.05, 0.1) is 16.6 Å². The maximum atomic E-state index is 12.9. The zero-order valence-electron chi connectivity index (χ0n) is 13.0. The van der Waals surface area contributed by atoms with Gasteiger partial charge in [-0.1, -0.05) is 23.7 Å². The molecule has 1 heterocycles. The highest BCUT2D eigenvalue weighted by Gasteiger charge is 2.31. The maximum Gasteiger partial charge on any atom is 0.416 e. The Balaban J connectivity index is 2.00. The average Bonchev–Trinajstić information content (AvgIpc) is 2.57. The van der Waals surface area contributed by atoms with E-state index in [-0.39, 0.29) is 29.1 Å². The Morgan fingerprint density at radius 1 is 1.12 bits per heavy atom. The lowest BCUT2D eigenvalue weighted by Gasteiger charge is -2.11. The minimum atomic E-state index is -4.53. The Kier molecular flexibility index (Phi) is 4.69. The van der Waals surface area contributed by atoms with E-state index in [1.54, 1.807) is 24.3 Å². The molecule has 0 amide bonds. The fourth-order valence-electron chi connectivity index (χ4n) is 2.34. The maximum absolute atomic E-state index is 12.9. The molecule has 26 heavy (non-hydrogen) atoms. The molecule has 3 rings (SSSR count). The van der Waals surface area contributed by atoms with Crippen molar-refractivity contribution in [3.8, 4) is 0 Å². The SMILES string of the molecule is O=C(O)c1nc2ccc(C(F)(F)F)cc2nc1NCc1cccc(Cl)c1. The van der Waals surface area contributed by atoms with Crippen LogP contribution in [0.1, 0.15) is 21.6 Å². The summed E-state index contributed by atoms with van der Waals surface area (Å²) in [5, 5.41) is 12.6. The molecule has 0 aliphatic rings. The first-order chi connectivity index (χ1) is 12.2. The van der Waals surface area contributed by atoms with Crippen LogP contribution >= 0.6 is 11.6 Å². The highest BCUT2D eigenvalue weighted by molar-refractivity contribution is 6.30. The molecule has 0 aliphatic carbocycles. The summed E-state index contributed by atoms with van der Waals surface area (Å²) in [5.41, 5.74) is -0.510. The fraction of sp³-hybridized carbons (Fsp3) is 0.118. The number of aromatic carboxylic acids is 1. The largest absolute Gasteiger partial charge is 0.476 e. The van der Waals surface area contributed by atoms with Gasteiger partial charge in [0.15, 0.2) is 11.5 Å². The van der Waals surface area contributed by atoms with Gasteiger partial charge >= 0.3 is 12.1 Å². The first-order valence-electron chi connectivity index (χ1n) is 7.34. The summed E-state index contributed by atoms with van der Waals surface area (Å²) in [6.45, 7) is 0.181. The van der Waals surface area contributed by atoms with Gasteiger partial charge in [-0.05, 0) is 35.9 Å². The van der Waals surface area contributed by atoms with Crippen molar-refractivity contribution >= 4 is 34.4 Å². The smallest absolute Gasteiger partial charge is 0.416 e. The summed E-state index contributed by atoms with van der Waals surface area (Å²) in [5.74, 6) is -1.46. The highest BCUT2D eigenvalue weighted by Crippen LogP contribution is 2.31. The van der Waals surface area contributed by atoms with Crippen LogP contribution in [0.15, 0.2) is 42.5 Å². The van der Waals surface area contributed by atoms with Crippen molar-refractivity contribution in [2.45, 2.75) is 12.7 Å². The van der Waals surface area contributed by atoms with Gasteiger partial charge in [0.1, 0.15) is 0 Å². The van der Waals surface area contributed by atoms with Crippen LogP contribution in [0.25, 0.3) is 11.0 Å². The van der Waals surface area contributed by atoms with E-state index in [2.05, 4.69) is 15.3 Å². The molecule has 2 N–H and O–H groups in total. The standard InChI is InChI=1S/C17H11ClF3N3O2/c18-11-3-1-2-9(6-11)8-22-15-14(16(25)26)23-12-5-4-10(17(19,20)21)7-13(12)24-15/h1-7H,8H2,(H,22,24)(H,25,26). The third-order valence-corrected chi connectivity index (χ3v) is 3.78. The van der Waals surface area contributed by atoms with Crippen molar-refractivity contribution in [3.63, 3.8) is 0 Å². The molecule has 0 radical (unpaired) electrons. The molecule has 3 aromatic rings. The Morgan fingerprint density at radius 3 is 2.54 bits per heavy atom. The Morgan fingerprint density at radius 2 is 1.88 bits per heavy atom. The lowest BCUT2D eigenvalue weighted by molar-refractivity contribution is -0.137. The quantitative estimate of drug-likeness (QED) is 0.690. The topological polar surface area (TPSA) is 75.1 Å². The van der Waals surface area contributed by atoms with Crippen LogP contribution in [0.3, 0.4) is 0 Å². The van der Waals surface area contributed by atoms with E-state index in [4.69, 9.17) is 11.6 Å². The Labute approximate surface area is 150 Å². The van der Waals surface area contributed by atoms with Crippen molar-refractivity contribution in [1.29, 1.82) is 0 Å². The number of fused-ring (bicyclic) bond motifs is 1. The number of benzene rings is 2. The zero-order chi connectivity index (χ0) is 18.9. The number of carboxylic acid groups (broad SMARTS) is 1. The van der Waals surface area contributed by atoms with Gasteiger partial charge in [0.2, 0.25) is 0 Å². The van der Waals surface area contributed by atoms with Crippen LogP contribution < -0.4 is 5.32 Å². The number of carbonyl (C=O) groups is 1. The molecule has 0 aliphatic heterocycles. The van der Waals surface area contributed by atoms with E-state index >= 15 is 0 Å². The summed E-state index contributed by atoms with van der Waals surface area (Å²) in [6.07, 6.45) is -4.53. The number of nitrogens with one attached hydrogen (secondary N) is 1. The third kappa shape index (κ3) is 3.85. The number of alkyl halides is 3. The molecule has 0 fully saturated rings. The number of rotatable bonds is 4. The minimum Gasteiger partial charge on any atom is -0.476 e. The minimum absolute atomic E-state index is 0.0570. The molecule has 0 saturated heterocycles. The summed E-state index contributed by atoms with van der Waals surface area (Å²) in [4.78, 5) is 19.3.